The van der Waals surface area contributed by atoms with Crippen molar-refractivity contribution in [2.45, 2.75) is 39.2 Å². The van der Waals surface area contributed by atoms with E-state index >= 15 is 0 Å². The summed E-state index contributed by atoms with van der Waals surface area (Å²) in [5.74, 6) is 0.194. The number of methoxy groups -OCH3 is 3. The van der Waals surface area contributed by atoms with Crippen molar-refractivity contribution in [1.29, 1.82) is 0 Å². The molecule has 2 rings (SSSR count). The Balaban J connectivity index is 2.08. The molecule has 0 saturated heterocycles. The molecule has 0 aromatic heterocycles. The number of rotatable bonds is 12. The summed E-state index contributed by atoms with van der Waals surface area (Å²) in [5.41, 5.74) is 2.49. The fraction of sp³-hybridized carbons (Fsp3) is 0.400. The molecule has 2 aromatic rings. The van der Waals surface area contributed by atoms with E-state index in [1.54, 1.807) is 30.3 Å². The summed E-state index contributed by atoms with van der Waals surface area (Å²) in [5, 5.41) is 0. The molecule has 7 heteroatoms. The van der Waals surface area contributed by atoms with Crippen molar-refractivity contribution in [3.8, 4) is 11.5 Å². The van der Waals surface area contributed by atoms with Crippen molar-refractivity contribution < 1.29 is 28.6 Å². The monoisotopic (exact) mass is 441 g/mol. The van der Waals surface area contributed by atoms with Crippen LogP contribution in [0.25, 0.3) is 0 Å². The van der Waals surface area contributed by atoms with E-state index in [-0.39, 0.29) is 37.6 Å². The molecule has 0 atom stereocenters. The van der Waals surface area contributed by atoms with Crippen LogP contribution in [-0.2, 0) is 27.3 Å². The number of nitrogens with zero attached hydrogens (tertiary/aromatic N) is 1. The number of hydrogen-bond acceptors (Lipinski definition) is 6. The van der Waals surface area contributed by atoms with Gasteiger partial charge in [-0.1, -0.05) is 37.6 Å². The molecule has 0 bridgehead atoms. The summed E-state index contributed by atoms with van der Waals surface area (Å²) in [6.45, 7) is 2.04. The van der Waals surface area contributed by atoms with Gasteiger partial charge in [0, 0.05) is 31.0 Å². The lowest BCUT2D eigenvalue weighted by Gasteiger charge is -2.22. The third-order valence-electron chi connectivity index (χ3n) is 5.07. The molecule has 0 spiro atoms. The Morgan fingerprint density at radius 2 is 1.47 bits per heavy atom. The number of ether oxygens (including phenoxy) is 3. The van der Waals surface area contributed by atoms with Crippen LogP contribution in [0.3, 0.4) is 0 Å². The van der Waals surface area contributed by atoms with Gasteiger partial charge in [-0.3, -0.25) is 14.4 Å². The maximum atomic E-state index is 12.9. The third-order valence-corrected chi connectivity index (χ3v) is 5.07. The second-order valence-corrected chi connectivity index (χ2v) is 7.42. The summed E-state index contributed by atoms with van der Waals surface area (Å²) >= 11 is 0. The zero-order valence-corrected chi connectivity index (χ0v) is 19.2. The molecular formula is C25H31NO6. The van der Waals surface area contributed by atoms with Crippen molar-refractivity contribution >= 4 is 17.7 Å². The molecule has 0 heterocycles. The van der Waals surface area contributed by atoms with Crippen LogP contribution < -0.4 is 9.47 Å². The number of hydrogen-bond donors (Lipinski definition) is 0. The molecule has 2 aromatic carbocycles. The number of aryl methyl sites for hydroxylation is 1. The van der Waals surface area contributed by atoms with Gasteiger partial charge < -0.3 is 19.1 Å². The molecule has 0 radical (unpaired) electrons. The first-order valence-electron chi connectivity index (χ1n) is 10.6. The van der Waals surface area contributed by atoms with Gasteiger partial charge in [0.2, 0.25) is 5.91 Å². The number of Topliss-reactive ketones (excluding diaryl/α,β-unsaturated/α-hetero) is 1. The van der Waals surface area contributed by atoms with Crippen LogP contribution in [0.1, 0.15) is 47.7 Å². The van der Waals surface area contributed by atoms with Gasteiger partial charge in [0.15, 0.2) is 5.78 Å². The molecule has 0 fully saturated rings. The Hall–Kier alpha value is -3.35. The van der Waals surface area contributed by atoms with Gasteiger partial charge in [-0.2, -0.15) is 0 Å². The lowest BCUT2D eigenvalue weighted by atomic mass is 10.0. The standard InChI is InChI=1S/C25H31NO6/c1-5-6-18-7-9-20(10-8-18)23(27)11-12-24(28)26(17-25(29)32-4)16-19-13-21(30-2)15-22(14-19)31-3/h7-10,13-15H,5-6,11-12,16-17H2,1-4H3. The number of amides is 1. The van der Waals surface area contributed by atoms with Crippen LogP contribution in [0.15, 0.2) is 42.5 Å². The quantitative estimate of drug-likeness (QED) is 0.368. The number of esters is 1. The number of carbonyl (C=O) groups is 3. The molecule has 1 amide bonds. The number of ketones is 1. The zero-order valence-electron chi connectivity index (χ0n) is 19.2. The van der Waals surface area contributed by atoms with Crippen LogP contribution >= 0.6 is 0 Å². The van der Waals surface area contributed by atoms with E-state index in [9.17, 15) is 14.4 Å². The van der Waals surface area contributed by atoms with Crippen molar-refractivity contribution in [2.75, 3.05) is 27.9 Å². The van der Waals surface area contributed by atoms with Crippen molar-refractivity contribution in [3.63, 3.8) is 0 Å². The normalized spacial score (nSPS) is 10.4. The van der Waals surface area contributed by atoms with Gasteiger partial charge in [0.05, 0.1) is 21.3 Å². The summed E-state index contributed by atoms with van der Waals surface area (Å²) < 4.78 is 15.3. The topological polar surface area (TPSA) is 82.1 Å². The van der Waals surface area contributed by atoms with Crippen molar-refractivity contribution in [3.05, 3.63) is 59.2 Å². The lowest BCUT2D eigenvalue weighted by molar-refractivity contribution is -0.147. The fourth-order valence-corrected chi connectivity index (χ4v) is 3.30. The molecule has 0 aliphatic heterocycles. The average Bonchev–Trinajstić information content (AvgIpc) is 2.82. The largest absolute Gasteiger partial charge is 0.497 e. The highest BCUT2D eigenvalue weighted by molar-refractivity contribution is 5.98. The number of carbonyl (C=O) groups excluding carboxylic acids is 3. The van der Waals surface area contributed by atoms with E-state index in [0.717, 1.165) is 18.4 Å². The van der Waals surface area contributed by atoms with E-state index < -0.39 is 5.97 Å². The Morgan fingerprint density at radius 3 is 2.00 bits per heavy atom. The molecule has 0 aliphatic carbocycles. The van der Waals surface area contributed by atoms with E-state index in [4.69, 9.17) is 14.2 Å². The Labute approximate surface area is 189 Å². The Morgan fingerprint density at radius 1 is 0.844 bits per heavy atom. The number of benzene rings is 2. The van der Waals surface area contributed by atoms with Crippen LogP contribution in [0.4, 0.5) is 0 Å². The first-order chi connectivity index (χ1) is 15.4. The molecule has 7 nitrogen and oxygen atoms in total. The molecule has 0 saturated carbocycles. The predicted molar refractivity (Wildman–Crippen MR) is 121 cm³/mol. The first-order valence-corrected chi connectivity index (χ1v) is 10.6. The summed E-state index contributed by atoms with van der Waals surface area (Å²) in [6.07, 6.45) is 2.06. The molecule has 0 unspecified atom stereocenters. The highest BCUT2D eigenvalue weighted by atomic mass is 16.5. The highest BCUT2D eigenvalue weighted by Crippen LogP contribution is 2.24. The lowest BCUT2D eigenvalue weighted by Crippen LogP contribution is -2.36. The zero-order chi connectivity index (χ0) is 23.5. The van der Waals surface area contributed by atoms with Gasteiger partial charge >= 0.3 is 5.97 Å². The summed E-state index contributed by atoms with van der Waals surface area (Å²) in [4.78, 5) is 38.7. The van der Waals surface area contributed by atoms with E-state index in [1.165, 1.54) is 31.8 Å². The Bertz CT molecular complexity index is 900. The predicted octanol–water partition coefficient (Wildman–Crippen LogP) is 3.82. The smallest absolute Gasteiger partial charge is 0.325 e. The summed E-state index contributed by atoms with van der Waals surface area (Å²) in [7, 11) is 4.35. The van der Waals surface area contributed by atoms with E-state index in [1.807, 2.05) is 12.1 Å². The van der Waals surface area contributed by atoms with Crippen LogP contribution in [0.2, 0.25) is 0 Å². The van der Waals surface area contributed by atoms with Gasteiger partial charge in [-0.05, 0) is 29.7 Å². The molecular weight excluding hydrogens is 410 g/mol. The molecule has 0 N–H and O–H groups in total. The first kappa shape index (κ1) is 24.9. The Kier molecular flexibility index (Phi) is 9.73. The van der Waals surface area contributed by atoms with E-state index in [0.29, 0.717) is 17.1 Å². The average molecular weight is 442 g/mol. The van der Waals surface area contributed by atoms with Crippen LogP contribution in [0, 0.1) is 0 Å². The minimum atomic E-state index is -0.536. The van der Waals surface area contributed by atoms with Gasteiger partial charge in [-0.15, -0.1) is 0 Å². The SMILES string of the molecule is CCCc1ccc(C(=O)CCC(=O)N(CC(=O)OC)Cc2cc(OC)cc(OC)c2)cc1. The van der Waals surface area contributed by atoms with Crippen LogP contribution in [-0.4, -0.2) is 50.4 Å². The second kappa shape index (κ2) is 12.5. The highest BCUT2D eigenvalue weighted by Gasteiger charge is 2.20. The van der Waals surface area contributed by atoms with E-state index in [2.05, 4.69) is 6.92 Å². The maximum absolute atomic E-state index is 12.9. The minimum absolute atomic E-state index is 0.00631. The van der Waals surface area contributed by atoms with Gasteiger partial charge in [-0.25, -0.2) is 0 Å². The minimum Gasteiger partial charge on any atom is -0.497 e. The van der Waals surface area contributed by atoms with Crippen molar-refractivity contribution in [2.24, 2.45) is 0 Å². The third kappa shape index (κ3) is 7.41. The fourth-order valence-electron chi connectivity index (χ4n) is 3.30. The van der Waals surface area contributed by atoms with Crippen LogP contribution in [0.5, 0.6) is 11.5 Å². The maximum Gasteiger partial charge on any atom is 0.325 e. The molecule has 172 valence electrons. The summed E-state index contributed by atoms with van der Waals surface area (Å²) in [6, 6.07) is 12.7. The second-order valence-electron chi connectivity index (χ2n) is 7.42. The molecule has 0 aliphatic rings. The molecule has 32 heavy (non-hydrogen) atoms. The van der Waals surface area contributed by atoms with Gasteiger partial charge in [0.1, 0.15) is 18.0 Å². The van der Waals surface area contributed by atoms with Crippen molar-refractivity contribution in [1.82, 2.24) is 4.90 Å². The van der Waals surface area contributed by atoms with Gasteiger partial charge in [0.25, 0.3) is 0 Å².